The zero-order chi connectivity index (χ0) is 20.7. The average Bonchev–Trinajstić information content (AvgIpc) is 2.62. The Morgan fingerprint density at radius 1 is 1.21 bits per heavy atom. The maximum absolute atomic E-state index is 13.0. The molecule has 0 atom stereocenters. The van der Waals surface area contributed by atoms with E-state index in [4.69, 9.17) is 14.7 Å². The molecule has 0 aromatic heterocycles. The second kappa shape index (κ2) is 9.12. The Labute approximate surface area is 159 Å². The van der Waals surface area contributed by atoms with Crippen LogP contribution in [0.2, 0.25) is 0 Å². The van der Waals surface area contributed by atoms with Gasteiger partial charge in [0.25, 0.3) is 0 Å². The van der Waals surface area contributed by atoms with Crippen molar-refractivity contribution in [3.05, 3.63) is 64.7 Å². The fourth-order valence-electron chi connectivity index (χ4n) is 2.33. The van der Waals surface area contributed by atoms with E-state index < -0.39 is 17.8 Å². The van der Waals surface area contributed by atoms with Crippen molar-refractivity contribution in [3.8, 4) is 5.75 Å². The smallest absolute Gasteiger partial charge is 0.416 e. The summed E-state index contributed by atoms with van der Waals surface area (Å²) in [4.78, 5) is 15.6. The number of carboxylic acid groups (broad SMARTS) is 1. The maximum atomic E-state index is 13.0. The van der Waals surface area contributed by atoms with E-state index in [-0.39, 0.29) is 18.9 Å². The lowest BCUT2D eigenvalue weighted by molar-refractivity contribution is -0.138. The van der Waals surface area contributed by atoms with Gasteiger partial charge in [0.05, 0.1) is 11.3 Å². The lowest BCUT2D eigenvalue weighted by Crippen LogP contribution is -2.25. The van der Waals surface area contributed by atoms with Gasteiger partial charge in [0, 0.05) is 11.1 Å². The molecule has 2 N–H and O–H groups in total. The van der Waals surface area contributed by atoms with Crippen molar-refractivity contribution in [2.24, 2.45) is 5.16 Å². The maximum Gasteiger partial charge on any atom is 0.416 e. The van der Waals surface area contributed by atoms with E-state index in [2.05, 4.69) is 10.5 Å². The molecule has 28 heavy (non-hydrogen) atoms. The summed E-state index contributed by atoms with van der Waals surface area (Å²) in [5, 5.41) is 14.5. The lowest BCUT2D eigenvalue weighted by Gasteiger charge is -2.12. The summed E-state index contributed by atoms with van der Waals surface area (Å²) in [6.07, 6.45) is -5.68. The number of nitrogens with one attached hydrogen (secondary N) is 1. The topological polar surface area (TPSA) is 80.2 Å². The first-order chi connectivity index (χ1) is 13.2. The van der Waals surface area contributed by atoms with Gasteiger partial charge >= 0.3 is 12.3 Å². The van der Waals surface area contributed by atoms with E-state index >= 15 is 0 Å². The molecule has 0 spiro atoms. The molecule has 0 heterocycles. The summed E-state index contributed by atoms with van der Waals surface area (Å²) < 4.78 is 44.3. The number of ether oxygens (including phenoxy) is 1. The summed E-state index contributed by atoms with van der Waals surface area (Å²) >= 11 is 0. The molecule has 9 heteroatoms. The summed E-state index contributed by atoms with van der Waals surface area (Å²) in [5.74, 6) is 0.447. The SMILES string of the molecule is CC(=NOCc1ccccc1C(F)(F)F)c1ccc(C)c(OCNC(=O)O)c1. The monoisotopic (exact) mass is 396 g/mol. The van der Waals surface area contributed by atoms with Crippen molar-refractivity contribution in [2.75, 3.05) is 6.73 Å². The third-order valence-electron chi connectivity index (χ3n) is 3.80. The van der Waals surface area contributed by atoms with Gasteiger partial charge in [-0.25, -0.2) is 4.79 Å². The zero-order valence-corrected chi connectivity index (χ0v) is 15.2. The molecule has 2 rings (SSSR count). The van der Waals surface area contributed by atoms with Crippen LogP contribution in [0.3, 0.4) is 0 Å². The van der Waals surface area contributed by atoms with Gasteiger partial charge in [0.15, 0.2) is 6.73 Å². The number of carbonyl (C=O) groups is 1. The Hall–Kier alpha value is -3.23. The number of benzene rings is 2. The Kier molecular flexibility index (Phi) is 6.86. The average molecular weight is 396 g/mol. The van der Waals surface area contributed by atoms with Gasteiger partial charge in [0.1, 0.15) is 12.4 Å². The Bertz CT molecular complexity index is 866. The molecule has 1 amide bonds. The molecular weight excluding hydrogens is 377 g/mol. The molecule has 2 aromatic carbocycles. The first-order valence-electron chi connectivity index (χ1n) is 8.20. The van der Waals surface area contributed by atoms with Crippen LogP contribution in [0.1, 0.15) is 29.2 Å². The largest absolute Gasteiger partial charge is 0.473 e. The van der Waals surface area contributed by atoms with Crippen molar-refractivity contribution >= 4 is 11.8 Å². The van der Waals surface area contributed by atoms with Crippen molar-refractivity contribution in [1.82, 2.24) is 5.32 Å². The molecule has 0 aliphatic rings. The molecule has 0 unspecified atom stereocenters. The highest BCUT2D eigenvalue weighted by Crippen LogP contribution is 2.32. The van der Waals surface area contributed by atoms with Gasteiger partial charge in [-0.3, -0.25) is 5.32 Å². The molecule has 150 valence electrons. The number of halogens is 3. The Morgan fingerprint density at radius 2 is 1.93 bits per heavy atom. The first-order valence-corrected chi connectivity index (χ1v) is 8.20. The van der Waals surface area contributed by atoms with Crippen LogP contribution in [0.4, 0.5) is 18.0 Å². The fraction of sp³-hybridized carbons (Fsp3) is 0.263. The van der Waals surface area contributed by atoms with Crippen molar-refractivity contribution < 1.29 is 32.6 Å². The second-order valence-electron chi connectivity index (χ2n) is 5.86. The molecule has 0 aliphatic carbocycles. The highest BCUT2D eigenvalue weighted by molar-refractivity contribution is 5.98. The van der Waals surface area contributed by atoms with Crippen LogP contribution >= 0.6 is 0 Å². The summed E-state index contributed by atoms with van der Waals surface area (Å²) in [5.41, 5.74) is 1.06. The highest BCUT2D eigenvalue weighted by atomic mass is 19.4. The third-order valence-corrected chi connectivity index (χ3v) is 3.80. The quantitative estimate of drug-likeness (QED) is 0.409. The van der Waals surface area contributed by atoms with E-state index in [1.54, 1.807) is 32.0 Å². The van der Waals surface area contributed by atoms with Gasteiger partial charge in [0.2, 0.25) is 0 Å². The van der Waals surface area contributed by atoms with Crippen LogP contribution in [-0.2, 0) is 17.6 Å². The van der Waals surface area contributed by atoms with Gasteiger partial charge in [-0.2, -0.15) is 13.2 Å². The van der Waals surface area contributed by atoms with E-state index in [9.17, 15) is 18.0 Å². The fourth-order valence-corrected chi connectivity index (χ4v) is 2.33. The molecule has 0 saturated heterocycles. The number of aryl methyl sites for hydroxylation is 1. The molecule has 2 aromatic rings. The molecule has 0 fully saturated rings. The van der Waals surface area contributed by atoms with Gasteiger partial charge in [-0.1, -0.05) is 35.5 Å². The molecule has 6 nitrogen and oxygen atoms in total. The number of oxime groups is 1. The van der Waals surface area contributed by atoms with E-state index in [1.165, 1.54) is 18.2 Å². The van der Waals surface area contributed by atoms with Crippen LogP contribution in [0.5, 0.6) is 5.75 Å². The molecular formula is C19H19F3N2O4. The van der Waals surface area contributed by atoms with Crippen LogP contribution in [0, 0.1) is 6.92 Å². The van der Waals surface area contributed by atoms with Crippen LogP contribution in [0.25, 0.3) is 0 Å². The minimum atomic E-state index is -4.47. The summed E-state index contributed by atoms with van der Waals surface area (Å²) in [6, 6.07) is 10.3. The van der Waals surface area contributed by atoms with Crippen LogP contribution in [-0.4, -0.2) is 23.6 Å². The number of alkyl halides is 3. The number of hydrogen-bond acceptors (Lipinski definition) is 4. The minimum absolute atomic E-state index is 0.0146. The van der Waals surface area contributed by atoms with Gasteiger partial charge in [-0.15, -0.1) is 0 Å². The molecule has 0 radical (unpaired) electrons. The number of rotatable bonds is 7. The first kappa shape index (κ1) is 21.1. The number of nitrogens with zero attached hydrogens (tertiary/aromatic N) is 1. The van der Waals surface area contributed by atoms with E-state index in [1.807, 2.05) is 0 Å². The predicted octanol–water partition coefficient (Wildman–Crippen LogP) is 4.56. The lowest BCUT2D eigenvalue weighted by atomic mass is 10.1. The third kappa shape index (κ3) is 5.90. The van der Waals surface area contributed by atoms with Crippen molar-refractivity contribution in [2.45, 2.75) is 26.6 Å². The molecule has 0 saturated carbocycles. The van der Waals surface area contributed by atoms with E-state index in [0.29, 0.717) is 17.0 Å². The predicted molar refractivity (Wildman–Crippen MR) is 96.3 cm³/mol. The summed E-state index contributed by atoms with van der Waals surface area (Å²) in [7, 11) is 0. The standard InChI is InChI=1S/C19H19F3N2O4/c1-12-7-8-14(9-17(12)27-11-23-18(25)26)13(2)24-28-10-15-5-3-4-6-16(15)19(20,21)22/h3-9,23H,10-11H2,1-2H3,(H,25,26). The van der Waals surface area contributed by atoms with Gasteiger partial charge in [-0.05, 0) is 31.5 Å². The Balaban J connectivity index is 2.07. The van der Waals surface area contributed by atoms with Gasteiger partial charge < -0.3 is 14.7 Å². The normalized spacial score (nSPS) is 11.8. The van der Waals surface area contributed by atoms with Crippen LogP contribution in [0.15, 0.2) is 47.6 Å². The van der Waals surface area contributed by atoms with Crippen molar-refractivity contribution in [3.63, 3.8) is 0 Å². The highest BCUT2D eigenvalue weighted by Gasteiger charge is 2.32. The summed E-state index contributed by atoms with van der Waals surface area (Å²) in [6.45, 7) is 2.88. The second-order valence-corrected chi connectivity index (χ2v) is 5.86. The number of hydrogen-bond donors (Lipinski definition) is 2. The minimum Gasteiger partial charge on any atom is -0.473 e. The Morgan fingerprint density at radius 3 is 2.61 bits per heavy atom. The van der Waals surface area contributed by atoms with Crippen LogP contribution < -0.4 is 10.1 Å². The number of amides is 1. The van der Waals surface area contributed by atoms with Crippen molar-refractivity contribution in [1.29, 1.82) is 0 Å². The molecule has 0 bridgehead atoms. The van der Waals surface area contributed by atoms with E-state index in [0.717, 1.165) is 11.6 Å². The zero-order valence-electron chi connectivity index (χ0n) is 15.2. The molecule has 0 aliphatic heterocycles.